The summed E-state index contributed by atoms with van der Waals surface area (Å²) in [6, 6.07) is 16.5. The highest BCUT2D eigenvalue weighted by Crippen LogP contribution is 2.30. The van der Waals surface area contributed by atoms with Crippen LogP contribution in [0.4, 0.5) is 5.69 Å². The van der Waals surface area contributed by atoms with Gasteiger partial charge in [-0.05, 0) is 36.5 Å². The number of nitrogens with one attached hydrogen (secondary N) is 1. The van der Waals surface area contributed by atoms with Gasteiger partial charge < -0.3 is 5.32 Å². The van der Waals surface area contributed by atoms with Gasteiger partial charge in [0.25, 0.3) is 0 Å². The number of carbonyl (C=O) groups is 1. The van der Waals surface area contributed by atoms with Gasteiger partial charge in [0.1, 0.15) is 0 Å². The molecule has 23 heavy (non-hydrogen) atoms. The average molecular weight is 327 g/mol. The zero-order chi connectivity index (χ0) is 16.8. The molecule has 0 saturated heterocycles. The van der Waals surface area contributed by atoms with E-state index in [1.54, 1.807) is 11.8 Å². The van der Waals surface area contributed by atoms with Crippen LogP contribution in [0.15, 0.2) is 48.5 Å². The lowest BCUT2D eigenvalue weighted by Gasteiger charge is -2.17. The quantitative estimate of drug-likeness (QED) is 0.753. The summed E-state index contributed by atoms with van der Waals surface area (Å²) in [5.41, 5.74) is 4.54. The third-order valence-corrected chi connectivity index (χ3v) is 5.13. The van der Waals surface area contributed by atoms with E-state index in [0.29, 0.717) is 16.9 Å². The van der Waals surface area contributed by atoms with Gasteiger partial charge in [-0.15, -0.1) is 11.8 Å². The van der Waals surface area contributed by atoms with E-state index in [2.05, 4.69) is 44.3 Å². The van der Waals surface area contributed by atoms with Crippen molar-refractivity contribution in [2.24, 2.45) is 0 Å². The molecule has 0 heterocycles. The minimum atomic E-state index is 0.0639. The summed E-state index contributed by atoms with van der Waals surface area (Å²) >= 11 is 1.66. The second kappa shape index (κ2) is 8.21. The molecule has 0 aliphatic carbocycles. The van der Waals surface area contributed by atoms with Crippen molar-refractivity contribution in [2.45, 2.75) is 38.9 Å². The molecule has 1 N–H and O–H groups in total. The van der Waals surface area contributed by atoms with Crippen LogP contribution in [0.3, 0.4) is 0 Å². The highest BCUT2D eigenvalue weighted by atomic mass is 32.2. The van der Waals surface area contributed by atoms with Crippen LogP contribution in [0.2, 0.25) is 0 Å². The predicted molar refractivity (Wildman–Crippen MR) is 101 cm³/mol. The third kappa shape index (κ3) is 4.87. The van der Waals surface area contributed by atoms with Gasteiger partial charge in [0.15, 0.2) is 0 Å². The second-order valence-electron chi connectivity index (χ2n) is 6.11. The molecule has 0 unspecified atom stereocenters. The Morgan fingerprint density at radius 2 is 1.74 bits per heavy atom. The molecule has 2 aromatic rings. The Hall–Kier alpha value is -1.74. The van der Waals surface area contributed by atoms with Crippen molar-refractivity contribution in [3.8, 4) is 0 Å². The van der Waals surface area contributed by atoms with E-state index in [1.165, 1.54) is 11.1 Å². The first kappa shape index (κ1) is 17.6. The highest BCUT2D eigenvalue weighted by Gasteiger charge is 2.13. The first-order chi connectivity index (χ1) is 11.0. The number of hydrogen-bond donors (Lipinski definition) is 1. The molecule has 0 radical (unpaired) electrons. The third-order valence-electron chi connectivity index (χ3n) is 3.92. The summed E-state index contributed by atoms with van der Waals surface area (Å²) in [6.07, 6.45) is 0. The van der Waals surface area contributed by atoms with Gasteiger partial charge in [-0.2, -0.15) is 0 Å². The van der Waals surface area contributed by atoms with Crippen molar-refractivity contribution >= 4 is 23.4 Å². The Morgan fingerprint density at radius 1 is 1.04 bits per heavy atom. The van der Waals surface area contributed by atoms with Crippen LogP contribution in [0, 0.1) is 6.92 Å². The van der Waals surface area contributed by atoms with Gasteiger partial charge in [-0.3, -0.25) is 4.79 Å². The summed E-state index contributed by atoms with van der Waals surface area (Å²) in [5.74, 6) is 0.914. The number of aryl methyl sites for hydroxylation is 1. The van der Waals surface area contributed by atoms with Crippen LogP contribution in [-0.4, -0.2) is 11.7 Å². The van der Waals surface area contributed by atoms with Crippen LogP contribution in [0.25, 0.3) is 0 Å². The van der Waals surface area contributed by atoms with Crippen LogP contribution in [0.1, 0.15) is 48.6 Å². The Bertz CT molecular complexity index is 652. The molecule has 0 aliphatic heterocycles. The lowest BCUT2D eigenvalue weighted by Crippen LogP contribution is -2.17. The number of anilines is 1. The summed E-state index contributed by atoms with van der Waals surface area (Å²) in [6.45, 7) is 8.48. The fraction of sp³-hybridized carbons (Fsp3) is 0.350. The molecule has 122 valence electrons. The number of amides is 1. The molecular formula is C20H25NOS. The van der Waals surface area contributed by atoms with Crippen molar-refractivity contribution in [2.75, 3.05) is 11.1 Å². The van der Waals surface area contributed by atoms with Crippen LogP contribution in [0.5, 0.6) is 0 Å². The molecule has 0 bridgehead atoms. The molecule has 2 nitrogen and oxygen atoms in total. The van der Waals surface area contributed by atoms with Gasteiger partial charge in [0.05, 0.1) is 5.75 Å². The normalized spacial score (nSPS) is 12.2. The lowest BCUT2D eigenvalue weighted by atomic mass is 9.98. The maximum atomic E-state index is 12.3. The number of benzene rings is 2. The standard InChI is InChI=1S/C20H25NOS/c1-14(2)18-12-8-9-15(3)20(18)21-19(22)13-23-16(4)17-10-6-5-7-11-17/h5-12,14,16H,13H2,1-4H3,(H,21,22)/t16-/m0/s1. The van der Waals surface area contributed by atoms with Crippen molar-refractivity contribution in [3.05, 3.63) is 65.2 Å². The lowest BCUT2D eigenvalue weighted by molar-refractivity contribution is -0.113. The van der Waals surface area contributed by atoms with Gasteiger partial charge >= 0.3 is 0 Å². The number of carbonyl (C=O) groups excluding carboxylic acids is 1. The zero-order valence-electron chi connectivity index (χ0n) is 14.3. The summed E-state index contributed by atoms with van der Waals surface area (Å²) in [7, 11) is 0. The topological polar surface area (TPSA) is 29.1 Å². The molecule has 0 aliphatic rings. The molecule has 1 atom stereocenters. The van der Waals surface area contributed by atoms with Crippen molar-refractivity contribution in [1.29, 1.82) is 0 Å². The Morgan fingerprint density at radius 3 is 2.39 bits per heavy atom. The monoisotopic (exact) mass is 327 g/mol. The molecule has 0 spiro atoms. The van der Waals surface area contributed by atoms with Crippen LogP contribution < -0.4 is 5.32 Å². The minimum absolute atomic E-state index is 0.0639. The van der Waals surface area contributed by atoms with Crippen molar-refractivity contribution in [3.63, 3.8) is 0 Å². The van der Waals surface area contributed by atoms with Crippen LogP contribution in [-0.2, 0) is 4.79 Å². The number of para-hydroxylation sites is 1. The number of thioether (sulfide) groups is 1. The Kier molecular flexibility index (Phi) is 6.28. The first-order valence-corrected chi connectivity index (χ1v) is 9.09. The highest BCUT2D eigenvalue weighted by molar-refractivity contribution is 8.00. The summed E-state index contributed by atoms with van der Waals surface area (Å²) in [4.78, 5) is 12.3. The zero-order valence-corrected chi connectivity index (χ0v) is 15.1. The minimum Gasteiger partial charge on any atom is -0.325 e. The SMILES string of the molecule is Cc1cccc(C(C)C)c1NC(=O)CS[C@@H](C)c1ccccc1. The molecule has 0 saturated carbocycles. The summed E-state index contributed by atoms with van der Waals surface area (Å²) in [5, 5.41) is 3.42. The average Bonchev–Trinajstić information content (AvgIpc) is 2.55. The van der Waals surface area contributed by atoms with E-state index < -0.39 is 0 Å². The van der Waals surface area contributed by atoms with Crippen LogP contribution >= 0.6 is 11.8 Å². The molecule has 3 heteroatoms. The van der Waals surface area contributed by atoms with E-state index in [-0.39, 0.29) is 5.91 Å². The fourth-order valence-electron chi connectivity index (χ4n) is 2.54. The maximum absolute atomic E-state index is 12.3. The molecule has 0 fully saturated rings. The van der Waals surface area contributed by atoms with Crippen molar-refractivity contribution < 1.29 is 4.79 Å². The predicted octanol–water partition coefficient (Wildman–Crippen LogP) is 5.55. The smallest absolute Gasteiger partial charge is 0.234 e. The molecule has 2 aromatic carbocycles. The van der Waals surface area contributed by atoms with E-state index in [0.717, 1.165) is 11.3 Å². The van der Waals surface area contributed by atoms with Gasteiger partial charge in [0.2, 0.25) is 5.91 Å². The Labute approximate surface area is 143 Å². The molecular weight excluding hydrogens is 302 g/mol. The van der Waals surface area contributed by atoms with E-state index in [1.807, 2.05) is 37.3 Å². The van der Waals surface area contributed by atoms with Crippen molar-refractivity contribution in [1.82, 2.24) is 0 Å². The fourth-order valence-corrected chi connectivity index (χ4v) is 3.36. The first-order valence-electron chi connectivity index (χ1n) is 8.05. The van der Waals surface area contributed by atoms with Gasteiger partial charge in [0, 0.05) is 10.9 Å². The number of hydrogen-bond acceptors (Lipinski definition) is 2. The maximum Gasteiger partial charge on any atom is 0.234 e. The second-order valence-corrected chi connectivity index (χ2v) is 7.44. The number of rotatable bonds is 6. The van der Waals surface area contributed by atoms with E-state index in [9.17, 15) is 4.79 Å². The van der Waals surface area contributed by atoms with E-state index in [4.69, 9.17) is 0 Å². The van der Waals surface area contributed by atoms with Gasteiger partial charge in [-0.25, -0.2) is 0 Å². The van der Waals surface area contributed by atoms with Gasteiger partial charge in [-0.1, -0.05) is 62.4 Å². The molecule has 2 rings (SSSR count). The molecule has 0 aromatic heterocycles. The Balaban J connectivity index is 1.98. The van der Waals surface area contributed by atoms with E-state index >= 15 is 0 Å². The largest absolute Gasteiger partial charge is 0.325 e. The summed E-state index contributed by atoms with van der Waals surface area (Å²) < 4.78 is 0. The molecule has 1 amide bonds.